The standard InChI is InChI=1S/C12H13NO3/c14-10-6-11(13-15)12(7-10)16-8-9-4-2-1-3-5-9/h1-5,7,10,14-15H,6,8H2/b13-11+/t10-/m1/s1. The van der Waals surface area contributed by atoms with E-state index in [1.807, 2.05) is 30.3 Å². The van der Waals surface area contributed by atoms with Crippen molar-refractivity contribution in [3.63, 3.8) is 0 Å². The molecule has 0 heterocycles. The van der Waals surface area contributed by atoms with Crippen LogP contribution in [-0.2, 0) is 11.3 Å². The molecule has 0 bridgehead atoms. The zero-order chi connectivity index (χ0) is 11.4. The highest BCUT2D eigenvalue weighted by molar-refractivity contribution is 6.00. The Bertz CT molecular complexity index is 412. The number of benzene rings is 1. The van der Waals surface area contributed by atoms with Gasteiger partial charge >= 0.3 is 0 Å². The molecule has 4 heteroatoms. The third-order valence-electron chi connectivity index (χ3n) is 2.39. The number of ether oxygens (including phenoxy) is 1. The van der Waals surface area contributed by atoms with Crippen molar-refractivity contribution in [2.45, 2.75) is 19.1 Å². The Morgan fingerprint density at radius 2 is 2.06 bits per heavy atom. The van der Waals surface area contributed by atoms with Crippen molar-refractivity contribution in [2.75, 3.05) is 0 Å². The predicted octanol–water partition coefficient (Wildman–Crippen LogP) is 1.68. The van der Waals surface area contributed by atoms with Gasteiger partial charge in [-0.3, -0.25) is 0 Å². The van der Waals surface area contributed by atoms with Gasteiger partial charge in [-0.05, 0) is 11.6 Å². The first-order chi connectivity index (χ1) is 7.79. The van der Waals surface area contributed by atoms with E-state index in [0.29, 0.717) is 24.5 Å². The monoisotopic (exact) mass is 219 g/mol. The van der Waals surface area contributed by atoms with Gasteiger partial charge in [0.05, 0.1) is 6.10 Å². The number of rotatable bonds is 3. The van der Waals surface area contributed by atoms with Gasteiger partial charge in [-0.1, -0.05) is 35.5 Å². The zero-order valence-electron chi connectivity index (χ0n) is 8.71. The van der Waals surface area contributed by atoms with Gasteiger partial charge in [0, 0.05) is 6.42 Å². The molecular weight excluding hydrogens is 206 g/mol. The summed E-state index contributed by atoms with van der Waals surface area (Å²) >= 11 is 0. The minimum absolute atomic E-state index is 0.306. The van der Waals surface area contributed by atoms with Gasteiger partial charge in [-0.2, -0.15) is 0 Å². The Labute approximate surface area is 93.5 Å². The first-order valence-electron chi connectivity index (χ1n) is 5.07. The Morgan fingerprint density at radius 1 is 1.31 bits per heavy atom. The van der Waals surface area contributed by atoms with E-state index in [2.05, 4.69) is 5.16 Å². The van der Waals surface area contributed by atoms with E-state index in [0.717, 1.165) is 5.56 Å². The van der Waals surface area contributed by atoms with Crippen LogP contribution in [0, 0.1) is 0 Å². The van der Waals surface area contributed by atoms with E-state index < -0.39 is 6.10 Å². The Hall–Kier alpha value is -1.81. The van der Waals surface area contributed by atoms with Gasteiger partial charge in [-0.25, -0.2) is 0 Å². The molecule has 16 heavy (non-hydrogen) atoms. The van der Waals surface area contributed by atoms with Gasteiger partial charge in [0.25, 0.3) is 0 Å². The lowest BCUT2D eigenvalue weighted by molar-refractivity contribution is 0.209. The molecule has 1 aliphatic carbocycles. The van der Waals surface area contributed by atoms with Crippen LogP contribution >= 0.6 is 0 Å². The minimum atomic E-state index is -0.614. The average Bonchev–Trinajstić information content (AvgIpc) is 2.68. The van der Waals surface area contributed by atoms with Crippen molar-refractivity contribution < 1.29 is 15.1 Å². The molecule has 1 atom stereocenters. The minimum Gasteiger partial charge on any atom is -0.487 e. The Morgan fingerprint density at radius 3 is 2.75 bits per heavy atom. The van der Waals surface area contributed by atoms with Crippen LogP contribution in [-0.4, -0.2) is 22.1 Å². The number of allylic oxidation sites excluding steroid dienone is 1. The molecule has 0 saturated carbocycles. The quantitative estimate of drug-likeness (QED) is 0.600. The maximum absolute atomic E-state index is 9.35. The number of aliphatic hydroxyl groups excluding tert-OH is 1. The third kappa shape index (κ3) is 2.41. The highest BCUT2D eigenvalue weighted by Crippen LogP contribution is 2.18. The molecule has 84 valence electrons. The second kappa shape index (κ2) is 4.81. The lowest BCUT2D eigenvalue weighted by Gasteiger charge is -2.06. The van der Waals surface area contributed by atoms with Crippen LogP contribution < -0.4 is 0 Å². The molecule has 0 spiro atoms. The van der Waals surface area contributed by atoms with Crippen molar-refractivity contribution in [3.8, 4) is 0 Å². The maximum Gasteiger partial charge on any atom is 0.143 e. The summed E-state index contributed by atoms with van der Waals surface area (Å²) in [6.45, 7) is 0.401. The zero-order valence-corrected chi connectivity index (χ0v) is 8.71. The fourth-order valence-corrected chi connectivity index (χ4v) is 1.59. The first-order valence-corrected chi connectivity index (χ1v) is 5.07. The van der Waals surface area contributed by atoms with Gasteiger partial charge in [0.2, 0.25) is 0 Å². The highest BCUT2D eigenvalue weighted by Gasteiger charge is 2.22. The Balaban J connectivity index is 1.98. The van der Waals surface area contributed by atoms with Crippen molar-refractivity contribution in [1.29, 1.82) is 0 Å². The number of aliphatic hydroxyl groups is 1. The fraction of sp³-hybridized carbons (Fsp3) is 0.250. The van der Waals surface area contributed by atoms with Gasteiger partial charge in [0.1, 0.15) is 18.1 Å². The normalized spacial score (nSPS) is 22.2. The molecule has 0 saturated heterocycles. The van der Waals surface area contributed by atoms with E-state index in [9.17, 15) is 5.11 Å². The van der Waals surface area contributed by atoms with Crippen molar-refractivity contribution >= 4 is 5.71 Å². The van der Waals surface area contributed by atoms with Crippen LogP contribution in [0.4, 0.5) is 0 Å². The average molecular weight is 219 g/mol. The molecule has 0 aliphatic heterocycles. The summed E-state index contributed by atoms with van der Waals surface area (Å²) in [6, 6.07) is 9.68. The molecular formula is C12H13NO3. The largest absolute Gasteiger partial charge is 0.487 e. The molecule has 0 amide bonds. The molecule has 1 aromatic carbocycles. The van der Waals surface area contributed by atoms with E-state index >= 15 is 0 Å². The molecule has 2 N–H and O–H groups in total. The summed E-state index contributed by atoms with van der Waals surface area (Å²) < 4.78 is 5.47. The second-order valence-electron chi connectivity index (χ2n) is 3.62. The van der Waals surface area contributed by atoms with Gasteiger partial charge < -0.3 is 15.1 Å². The molecule has 0 unspecified atom stereocenters. The van der Waals surface area contributed by atoms with Gasteiger partial charge in [0.15, 0.2) is 0 Å². The van der Waals surface area contributed by atoms with E-state index in [1.165, 1.54) is 0 Å². The van der Waals surface area contributed by atoms with E-state index in [1.54, 1.807) is 6.08 Å². The second-order valence-corrected chi connectivity index (χ2v) is 3.62. The predicted molar refractivity (Wildman–Crippen MR) is 59.2 cm³/mol. The van der Waals surface area contributed by atoms with Crippen molar-refractivity contribution in [3.05, 3.63) is 47.7 Å². The van der Waals surface area contributed by atoms with Gasteiger partial charge in [-0.15, -0.1) is 0 Å². The maximum atomic E-state index is 9.35. The molecule has 2 rings (SSSR count). The Kier molecular flexibility index (Phi) is 3.22. The molecule has 0 fully saturated rings. The summed E-state index contributed by atoms with van der Waals surface area (Å²) in [6.07, 6.45) is 1.25. The third-order valence-corrected chi connectivity index (χ3v) is 2.39. The fourth-order valence-electron chi connectivity index (χ4n) is 1.59. The van der Waals surface area contributed by atoms with Crippen LogP contribution in [0.1, 0.15) is 12.0 Å². The number of hydrogen-bond acceptors (Lipinski definition) is 4. The smallest absolute Gasteiger partial charge is 0.143 e. The summed E-state index contributed by atoms with van der Waals surface area (Å²) in [5.74, 6) is 0.457. The number of nitrogens with zero attached hydrogens (tertiary/aromatic N) is 1. The number of oxime groups is 1. The molecule has 4 nitrogen and oxygen atoms in total. The highest BCUT2D eigenvalue weighted by atomic mass is 16.5. The van der Waals surface area contributed by atoms with Crippen molar-refractivity contribution in [1.82, 2.24) is 0 Å². The van der Waals surface area contributed by atoms with Crippen LogP contribution in [0.5, 0.6) is 0 Å². The molecule has 0 radical (unpaired) electrons. The van der Waals surface area contributed by atoms with Crippen molar-refractivity contribution in [2.24, 2.45) is 5.16 Å². The van der Waals surface area contributed by atoms with Crippen LogP contribution in [0.15, 0.2) is 47.3 Å². The SMILES string of the molecule is O/N=C1\C[C@@H](O)C=C1OCc1ccccc1. The van der Waals surface area contributed by atoms with E-state index in [4.69, 9.17) is 9.94 Å². The van der Waals surface area contributed by atoms with Crippen LogP contribution in [0.25, 0.3) is 0 Å². The van der Waals surface area contributed by atoms with Crippen LogP contribution in [0.3, 0.4) is 0 Å². The summed E-state index contributed by atoms with van der Waals surface area (Å²) in [5.41, 5.74) is 1.42. The summed E-state index contributed by atoms with van der Waals surface area (Å²) in [5, 5.41) is 21.2. The first kappa shape index (κ1) is 10.7. The summed E-state index contributed by atoms with van der Waals surface area (Å²) in [4.78, 5) is 0. The molecule has 1 aromatic rings. The molecule has 1 aliphatic rings. The lowest BCUT2D eigenvalue weighted by Crippen LogP contribution is -2.04. The van der Waals surface area contributed by atoms with E-state index in [-0.39, 0.29) is 0 Å². The van der Waals surface area contributed by atoms with Crippen LogP contribution in [0.2, 0.25) is 0 Å². The molecule has 0 aromatic heterocycles. The number of hydrogen-bond donors (Lipinski definition) is 2. The topological polar surface area (TPSA) is 62.1 Å². The lowest BCUT2D eigenvalue weighted by atomic mass is 10.2. The summed E-state index contributed by atoms with van der Waals surface area (Å²) in [7, 11) is 0.